The highest BCUT2D eigenvalue weighted by atomic mass is 35.5. The van der Waals surface area contributed by atoms with Gasteiger partial charge >= 0.3 is 0 Å². The molecule has 0 unspecified atom stereocenters. The van der Waals surface area contributed by atoms with Crippen LogP contribution in [0, 0.1) is 28.6 Å². The minimum atomic E-state index is -0.514. The number of hydrogen-bond donors (Lipinski definition) is 1. The lowest BCUT2D eigenvalue weighted by Crippen LogP contribution is -2.54. The van der Waals surface area contributed by atoms with E-state index in [1.54, 1.807) is 0 Å². The number of fused-ring (bicyclic) bond motifs is 5. The number of rotatable bonds is 0. The van der Waals surface area contributed by atoms with Crippen molar-refractivity contribution >= 4 is 17.4 Å². The van der Waals surface area contributed by atoms with Crippen LogP contribution in [0.4, 0.5) is 0 Å². The summed E-state index contributed by atoms with van der Waals surface area (Å²) in [4.78, 5) is 12.0. The standard InChI is InChI=1S/C20H29ClO2/c1-18-9-8-16(22)17(21)15(18)5-4-12-13(18)6-10-19(2)14(12)7-11-20(19,3)23/h12-14,23H,4-11H2,1-3H3/t12-,13-,14+,18+,19-,20-/m0/s1. The summed E-state index contributed by atoms with van der Waals surface area (Å²) in [5, 5.41) is 11.5. The molecule has 0 radical (unpaired) electrons. The molecule has 0 spiro atoms. The third-order valence-corrected chi connectivity index (χ3v) is 9.05. The highest BCUT2D eigenvalue weighted by Gasteiger charge is 2.62. The first-order valence-electron chi connectivity index (χ1n) is 9.35. The molecule has 6 atom stereocenters. The van der Waals surface area contributed by atoms with Crippen LogP contribution in [-0.2, 0) is 4.79 Å². The normalized spacial score (nSPS) is 52.9. The molecule has 3 saturated carbocycles. The molecule has 0 heterocycles. The topological polar surface area (TPSA) is 37.3 Å². The number of carbonyl (C=O) groups excluding carboxylic acids is 1. The molecule has 2 nitrogen and oxygen atoms in total. The molecule has 0 bridgehead atoms. The summed E-state index contributed by atoms with van der Waals surface area (Å²) >= 11 is 6.44. The number of allylic oxidation sites excluding steroid dienone is 1. The van der Waals surface area contributed by atoms with Crippen LogP contribution in [0.15, 0.2) is 10.6 Å². The SMILES string of the molecule is C[C@]12CCC(=O)C(Cl)=C1CC[C@@H]1[C@H]3CC[C@](C)(O)[C@@]3(C)CC[C@@H]12. The van der Waals surface area contributed by atoms with Gasteiger partial charge in [-0.25, -0.2) is 0 Å². The molecule has 0 aromatic carbocycles. The summed E-state index contributed by atoms with van der Waals surface area (Å²) in [7, 11) is 0. The minimum Gasteiger partial charge on any atom is -0.390 e. The Hall–Kier alpha value is -0.340. The summed E-state index contributed by atoms with van der Waals surface area (Å²) < 4.78 is 0. The van der Waals surface area contributed by atoms with Gasteiger partial charge in [0.15, 0.2) is 5.78 Å². The molecule has 128 valence electrons. The van der Waals surface area contributed by atoms with Gasteiger partial charge in [0.1, 0.15) is 0 Å². The molecule has 0 aliphatic heterocycles. The van der Waals surface area contributed by atoms with Crippen molar-refractivity contribution in [2.45, 2.75) is 77.7 Å². The van der Waals surface area contributed by atoms with Gasteiger partial charge in [0.05, 0.1) is 10.6 Å². The Bertz CT molecular complexity index is 592. The fraction of sp³-hybridized carbons (Fsp3) is 0.850. The average Bonchev–Trinajstić information content (AvgIpc) is 2.74. The van der Waals surface area contributed by atoms with Gasteiger partial charge in [0.2, 0.25) is 0 Å². The van der Waals surface area contributed by atoms with Crippen LogP contribution in [0.2, 0.25) is 0 Å². The maximum Gasteiger partial charge on any atom is 0.174 e. The van der Waals surface area contributed by atoms with E-state index in [4.69, 9.17) is 11.6 Å². The van der Waals surface area contributed by atoms with Gasteiger partial charge < -0.3 is 5.11 Å². The Morgan fingerprint density at radius 1 is 1.00 bits per heavy atom. The summed E-state index contributed by atoms with van der Waals surface area (Å²) in [5.74, 6) is 2.11. The van der Waals surface area contributed by atoms with E-state index in [0.717, 1.165) is 38.5 Å². The van der Waals surface area contributed by atoms with Gasteiger partial charge in [-0.05, 0) is 86.0 Å². The van der Waals surface area contributed by atoms with Crippen molar-refractivity contribution < 1.29 is 9.90 Å². The number of Topliss-reactive ketones (excluding diaryl/α,β-unsaturated/α-hetero) is 1. The predicted molar refractivity (Wildman–Crippen MR) is 92.1 cm³/mol. The molecule has 3 fully saturated rings. The highest BCUT2D eigenvalue weighted by molar-refractivity contribution is 6.43. The zero-order chi connectivity index (χ0) is 16.6. The summed E-state index contributed by atoms with van der Waals surface area (Å²) in [6, 6.07) is 0. The van der Waals surface area contributed by atoms with E-state index in [1.165, 1.54) is 12.0 Å². The molecular formula is C20H29ClO2. The van der Waals surface area contributed by atoms with Crippen LogP contribution >= 0.6 is 11.6 Å². The smallest absolute Gasteiger partial charge is 0.174 e. The van der Waals surface area contributed by atoms with Crippen molar-refractivity contribution in [1.82, 2.24) is 0 Å². The molecule has 0 aromatic rings. The Kier molecular flexibility index (Phi) is 3.40. The lowest BCUT2D eigenvalue weighted by molar-refractivity contribution is -0.124. The molecule has 4 aliphatic carbocycles. The van der Waals surface area contributed by atoms with E-state index < -0.39 is 5.60 Å². The van der Waals surface area contributed by atoms with Gasteiger partial charge in [-0.2, -0.15) is 0 Å². The third-order valence-electron chi connectivity index (χ3n) is 8.62. The molecule has 4 aliphatic rings. The third kappa shape index (κ3) is 1.94. The fourth-order valence-corrected chi connectivity index (χ4v) is 7.30. The second-order valence-corrected chi connectivity index (χ2v) is 9.70. The average molecular weight is 337 g/mol. The van der Waals surface area contributed by atoms with Crippen LogP contribution in [0.5, 0.6) is 0 Å². The van der Waals surface area contributed by atoms with E-state index >= 15 is 0 Å². The van der Waals surface area contributed by atoms with E-state index in [-0.39, 0.29) is 16.6 Å². The minimum absolute atomic E-state index is 0.0695. The largest absolute Gasteiger partial charge is 0.390 e. The molecule has 0 amide bonds. The number of ketones is 1. The molecule has 3 heteroatoms. The van der Waals surface area contributed by atoms with Crippen molar-refractivity contribution in [2.24, 2.45) is 28.6 Å². The first-order chi connectivity index (χ1) is 10.7. The second kappa shape index (κ2) is 4.85. The van der Waals surface area contributed by atoms with E-state index in [2.05, 4.69) is 20.8 Å². The van der Waals surface area contributed by atoms with Gasteiger partial charge in [-0.3, -0.25) is 4.79 Å². The molecular weight excluding hydrogens is 308 g/mol. The lowest BCUT2D eigenvalue weighted by Gasteiger charge is -2.59. The van der Waals surface area contributed by atoms with Crippen LogP contribution < -0.4 is 0 Å². The fourth-order valence-electron chi connectivity index (χ4n) is 6.89. The molecule has 1 N–H and O–H groups in total. The Balaban J connectivity index is 1.72. The van der Waals surface area contributed by atoms with Gasteiger partial charge in [-0.15, -0.1) is 0 Å². The van der Waals surface area contributed by atoms with Crippen molar-refractivity contribution in [3.63, 3.8) is 0 Å². The van der Waals surface area contributed by atoms with Crippen LogP contribution in [0.3, 0.4) is 0 Å². The van der Waals surface area contributed by atoms with Crippen LogP contribution in [-0.4, -0.2) is 16.5 Å². The molecule has 4 rings (SSSR count). The van der Waals surface area contributed by atoms with E-state index in [1.807, 2.05) is 0 Å². The number of hydrogen-bond acceptors (Lipinski definition) is 2. The molecule has 23 heavy (non-hydrogen) atoms. The van der Waals surface area contributed by atoms with Gasteiger partial charge in [0, 0.05) is 6.42 Å². The highest BCUT2D eigenvalue weighted by Crippen LogP contribution is 2.67. The van der Waals surface area contributed by atoms with Crippen LogP contribution in [0.25, 0.3) is 0 Å². The van der Waals surface area contributed by atoms with Crippen molar-refractivity contribution in [1.29, 1.82) is 0 Å². The predicted octanol–water partition coefficient (Wildman–Crippen LogP) is 4.84. The van der Waals surface area contributed by atoms with Crippen molar-refractivity contribution in [3.8, 4) is 0 Å². The number of carbonyl (C=O) groups is 1. The maximum absolute atomic E-state index is 12.0. The van der Waals surface area contributed by atoms with Crippen LogP contribution in [0.1, 0.15) is 72.1 Å². The maximum atomic E-state index is 12.0. The van der Waals surface area contributed by atoms with Gasteiger partial charge in [-0.1, -0.05) is 25.4 Å². The van der Waals surface area contributed by atoms with Crippen molar-refractivity contribution in [2.75, 3.05) is 0 Å². The van der Waals surface area contributed by atoms with E-state index in [9.17, 15) is 9.90 Å². The Morgan fingerprint density at radius 3 is 2.43 bits per heavy atom. The zero-order valence-electron chi connectivity index (χ0n) is 14.6. The van der Waals surface area contributed by atoms with Gasteiger partial charge in [0.25, 0.3) is 0 Å². The second-order valence-electron chi connectivity index (χ2n) is 9.32. The Labute approximate surface area is 144 Å². The quantitative estimate of drug-likeness (QED) is 0.687. The first-order valence-corrected chi connectivity index (χ1v) is 9.73. The number of halogens is 1. The van der Waals surface area contributed by atoms with Crippen molar-refractivity contribution in [3.05, 3.63) is 10.6 Å². The molecule has 0 aromatic heterocycles. The first kappa shape index (κ1) is 16.1. The summed E-state index contributed by atoms with van der Waals surface area (Å²) in [6.45, 7) is 6.75. The zero-order valence-corrected chi connectivity index (χ0v) is 15.4. The van der Waals surface area contributed by atoms with E-state index in [0.29, 0.717) is 29.2 Å². The number of aliphatic hydroxyl groups is 1. The molecule has 0 saturated heterocycles. The summed E-state index contributed by atoms with van der Waals surface area (Å²) in [6.07, 6.45) is 8.10. The Morgan fingerprint density at radius 2 is 1.70 bits per heavy atom. The monoisotopic (exact) mass is 336 g/mol. The summed E-state index contributed by atoms with van der Waals surface area (Å²) in [5.41, 5.74) is 0.925. The lowest BCUT2D eigenvalue weighted by atomic mass is 9.46.